The Hall–Kier alpha value is -2.22. The lowest BCUT2D eigenvalue weighted by molar-refractivity contribution is -0.103. The summed E-state index contributed by atoms with van der Waals surface area (Å²) >= 11 is 0. The van der Waals surface area contributed by atoms with Gasteiger partial charge >= 0.3 is 0 Å². The van der Waals surface area contributed by atoms with E-state index < -0.39 is 15.3 Å². The maximum atomic E-state index is 12.7. The van der Waals surface area contributed by atoms with E-state index in [1.54, 1.807) is 49.5 Å². The normalized spacial score (nSPS) is 15.8. The smallest absolute Gasteiger partial charge is 0.238 e. The van der Waals surface area contributed by atoms with Crippen LogP contribution in [0.1, 0.15) is 65.2 Å². The number of aromatic nitrogens is 1. The van der Waals surface area contributed by atoms with Crippen LogP contribution in [0.15, 0.2) is 29.5 Å². The molecule has 9 nitrogen and oxygen atoms in total. The molecule has 0 saturated heterocycles. The topological polar surface area (TPSA) is 125 Å². The van der Waals surface area contributed by atoms with Gasteiger partial charge in [0.05, 0.1) is 11.9 Å². The lowest BCUT2D eigenvalue weighted by atomic mass is 9.90. The Morgan fingerprint density at radius 3 is 2.50 bits per heavy atom. The highest BCUT2D eigenvalue weighted by Gasteiger charge is 2.27. The van der Waals surface area contributed by atoms with Crippen molar-refractivity contribution in [1.82, 2.24) is 9.45 Å². The first-order chi connectivity index (χ1) is 15.4. The summed E-state index contributed by atoms with van der Waals surface area (Å²) in [6.45, 7) is 4.69. The van der Waals surface area contributed by atoms with Crippen LogP contribution in [0.4, 0.5) is 5.69 Å². The van der Waals surface area contributed by atoms with E-state index in [4.69, 9.17) is 15.8 Å². The molecule has 1 fully saturated rings. The number of pyridine rings is 1. The SMILES string of the molecule is CC(C)S(=O)(=O)N(CCCCCN(C(N)=NC#N)c1ccncc1)OCC1CCCCC1. The van der Waals surface area contributed by atoms with E-state index in [0.717, 1.165) is 31.4 Å². The molecule has 1 saturated carbocycles. The Kier molecular flexibility index (Phi) is 10.9. The van der Waals surface area contributed by atoms with Crippen molar-refractivity contribution in [1.29, 1.82) is 5.26 Å². The number of hydrogen-bond donors (Lipinski definition) is 1. The quantitative estimate of drug-likeness (QED) is 0.165. The predicted molar refractivity (Wildman–Crippen MR) is 126 cm³/mol. The van der Waals surface area contributed by atoms with E-state index in [2.05, 4.69) is 9.98 Å². The Labute approximate surface area is 192 Å². The molecule has 0 atom stereocenters. The average Bonchev–Trinajstić information content (AvgIpc) is 2.79. The summed E-state index contributed by atoms with van der Waals surface area (Å²) in [5, 5.41) is 8.31. The zero-order valence-electron chi connectivity index (χ0n) is 19.2. The third-order valence-electron chi connectivity index (χ3n) is 5.70. The standard InChI is InChI=1S/C22H36N6O3S/c1-19(2)32(29,30)28(31-17-20-9-5-3-6-10-20)16-8-4-7-15-27(22(24)26-18-23)21-11-13-25-14-12-21/h11-14,19-20H,3-10,15-17H2,1-2H3,(H2,24,26). The molecular formula is C22H36N6O3S. The zero-order valence-corrected chi connectivity index (χ0v) is 20.0. The molecule has 1 heterocycles. The minimum atomic E-state index is -3.49. The molecule has 32 heavy (non-hydrogen) atoms. The molecule has 0 aromatic carbocycles. The Morgan fingerprint density at radius 2 is 1.88 bits per heavy atom. The van der Waals surface area contributed by atoms with Crippen molar-refractivity contribution in [2.75, 3.05) is 24.6 Å². The van der Waals surface area contributed by atoms with Crippen molar-refractivity contribution >= 4 is 21.7 Å². The first-order valence-electron chi connectivity index (χ1n) is 11.4. The van der Waals surface area contributed by atoms with E-state index in [0.29, 0.717) is 32.0 Å². The average molecular weight is 465 g/mol. The van der Waals surface area contributed by atoms with Crippen molar-refractivity contribution in [3.05, 3.63) is 24.5 Å². The third kappa shape index (κ3) is 8.04. The number of nitrogens with zero attached hydrogens (tertiary/aromatic N) is 5. The van der Waals surface area contributed by atoms with Gasteiger partial charge in [-0.15, -0.1) is 4.99 Å². The molecule has 178 valence electrons. The van der Waals surface area contributed by atoms with Gasteiger partial charge in [0, 0.05) is 31.2 Å². The number of nitriles is 1. The monoisotopic (exact) mass is 464 g/mol. The number of hydrogen-bond acceptors (Lipinski definition) is 6. The fourth-order valence-electron chi connectivity index (χ4n) is 3.74. The minimum absolute atomic E-state index is 0.124. The van der Waals surface area contributed by atoms with E-state index in [-0.39, 0.29) is 5.96 Å². The van der Waals surface area contributed by atoms with Gasteiger partial charge in [0.25, 0.3) is 0 Å². The number of guanidine groups is 1. The fourth-order valence-corrected chi connectivity index (χ4v) is 4.80. The molecule has 0 radical (unpaired) electrons. The molecule has 0 aliphatic heterocycles. The lowest BCUT2D eigenvalue weighted by Crippen LogP contribution is -2.39. The molecule has 2 N–H and O–H groups in total. The van der Waals surface area contributed by atoms with Crippen LogP contribution in [0.5, 0.6) is 0 Å². The molecule has 1 aromatic heterocycles. The van der Waals surface area contributed by atoms with Crippen LogP contribution in [0.25, 0.3) is 0 Å². The largest absolute Gasteiger partial charge is 0.369 e. The van der Waals surface area contributed by atoms with Crippen LogP contribution in [0.2, 0.25) is 0 Å². The zero-order chi connectivity index (χ0) is 23.4. The highest BCUT2D eigenvalue weighted by atomic mass is 32.2. The number of sulfonamides is 1. The number of rotatable bonds is 12. The predicted octanol–water partition coefficient (Wildman–Crippen LogP) is 3.41. The third-order valence-corrected chi connectivity index (χ3v) is 7.74. The summed E-state index contributed by atoms with van der Waals surface area (Å²) in [4.78, 5) is 15.2. The molecule has 1 aliphatic carbocycles. The van der Waals surface area contributed by atoms with E-state index in [1.165, 1.54) is 23.7 Å². The number of anilines is 1. The number of unbranched alkanes of at least 4 members (excludes halogenated alkanes) is 2. The van der Waals surface area contributed by atoms with Gasteiger partial charge in [-0.05, 0) is 57.6 Å². The summed E-state index contributed by atoms with van der Waals surface area (Å²) in [5.74, 6) is 0.559. The van der Waals surface area contributed by atoms with Crippen LogP contribution >= 0.6 is 0 Å². The van der Waals surface area contributed by atoms with Gasteiger partial charge in [-0.3, -0.25) is 9.82 Å². The second kappa shape index (κ2) is 13.4. The molecule has 0 unspecified atom stereocenters. The summed E-state index contributed by atoms with van der Waals surface area (Å²) in [6.07, 6.45) is 13.1. The molecule has 2 rings (SSSR count). The lowest BCUT2D eigenvalue weighted by Gasteiger charge is -2.27. The molecule has 0 spiro atoms. The maximum absolute atomic E-state index is 12.7. The molecule has 1 aromatic rings. The van der Waals surface area contributed by atoms with Gasteiger partial charge in [0.1, 0.15) is 0 Å². The number of hydroxylamine groups is 1. The fraction of sp³-hybridized carbons (Fsp3) is 0.682. The number of nitrogens with two attached hydrogens (primary N) is 1. The van der Waals surface area contributed by atoms with E-state index in [1.807, 2.05) is 0 Å². The van der Waals surface area contributed by atoms with E-state index in [9.17, 15) is 8.42 Å². The molecule has 1 aliphatic rings. The Morgan fingerprint density at radius 1 is 1.22 bits per heavy atom. The van der Waals surface area contributed by atoms with Gasteiger partial charge in [0.15, 0.2) is 0 Å². The van der Waals surface area contributed by atoms with Gasteiger partial charge in [-0.1, -0.05) is 30.2 Å². The number of aliphatic imine (C=N–C) groups is 1. The van der Waals surface area contributed by atoms with E-state index >= 15 is 0 Å². The van der Waals surface area contributed by atoms with Crippen LogP contribution in [-0.4, -0.2) is 48.8 Å². The second-order valence-electron chi connectivity index (χ2n) is 8.41. The highest BCUT2D eigenvalue weighted by Crippen LogP contribution is 2.25. The Balaban J connectivity index is 1.89. The van der Waals surface area contributed by atoms with Gasteiger partial charge in [0.2, 0.25) is 22.2 Å². The van der Waals surface area contributed by atoms with Crippen LogP contribution in [-0.2, 0) is 14.9 Å². The first-order valence-corrected chi connectivity index (χ1v) is 12.9. The first kappa shape index (κ1) is 26.0. The molecule has 0 amide bonds. The van der Waals surface area contributed by atoms with Crippen molar-refractivity contribution in [2.45, 2.75) is 70.5 Å². The summed E-state index contributed by atoms with van der Waals surface area (Å²) in [6, 6.07) is 3.60. The van der Waals surface area contributed by atoms with Crippen molar-refractivity contribution in [3.63, 3.8) is 0 Å². The van der Waals surface area contributed by atoms with Crippen molar-refractivity contribution < 1.29 is 13.3 Å². The van der Waals surface area contributed by atoms with Gasteiger partial charge < -0.3 is 10.6 Å². The van der Waals surface area contributed by atoms with Crippen LogP contribution in [0, 0.1) is 17.4 Å². The van der Waals surface area contributed by atoms with Gasteiger partial charge in [-0.25, -0.2) is 8.42 Å². The van der Waals surface area contributed by atoms with Crippen LogP contribution in [0.3, 0.4) is 0 Å². The molecular weight excluding hydrogens is 428 g/mol. The molecule has 0 bridgehead atoms. The maximum Gasteiger partial charge on any atom is 0.238 e. The van der Waals surface area contributed by atoms with Crippen molar-refractivity contribution in [2.24, 2.45) is 16.6 Å². The summed E-state index contributed by atoms with van der Waals surface area (Å²) < 4.78 is 26.7. The second-order valence-corrected chi connectivity index (χ2v) is 10.8. The molecule has 10 heteroatoms. The van der Waals surface area contributed by atoms with Crippen LogP contribution < -0.4 is 10.6 Å². The Bertz CT molecular complexity index is 848. The minimum Gasteiger partial charge on any atom is -0.369 e. The summed E-state index contributed by atoms with van der Waals surface area (Å²) in [5.41, 5.74) is 6.75. The summed E-state index contributed by atoms with van der Waals surface area (Å²) in [7, 11) is -3.49. The highest BCUT2D eigenvalue weighted by molar-refractivity contribution is 7.89. The van der Waals surface area contributed by atoms with Crippen molar-refractivity contribution in [3.8, 4) is 6.19 Å². The van der Waals surface area contributed by atoms with Gasteiger partial charge in [-0.2, -0.15) is 5.26 Å².